The summed E-state index contributed by atoms with van der Waals surface area (Å²) < 4.78 is 0. The van der Waals surface area contributed by atoms with E-state index in [0.717, 1.165) is 24.2 Å². The van der Waals surface area contributed by atoms with Crippen LogP contribution >= 0.6 is 11.8 Å². The molecule has 1 saturated carbocycles. The van der Waals surface area contributed by atoms with Crippen molar-refractivity contribution < 1.29 is 14.7 Å². The van der Waals surface area contributed by atoms with Gasteiger partial charge in [0.25, 0.3) is 0 Å². The largest absolute Gasteiger partial charge is 0.480 e. The zero-order valence-electron chi connectivity index (χ0n) is 11.1. The molecule has 106 valence electrons. The lowest BCUT2D eigenvalue weighted by atomic mass is 9.76. The van der Waals surface area contributed by atoms with Gasteiger partial charge in [0.05, 0.1) is 0 Å². The lowest BCUT2D eigenvalue weighted by molar-refractivity contribution is -0.151. The van der Waals surface area contributed by atoms with E-state index in [4.69, 9.17) is 0 Å². The van der Waals surface area contributed by atoms with Crippen molar-refractivity contribution in [3.05, 3.63) is 35.4 Å². The summed E-state index contributed by atoms with van der Waals surface area (Å²) in [5, 5.41) is 11.8. The Morgan fingerprint density at radius 1 is 1.30 bits per heavy atom. The van der Waals surface area contributed by atoms with E-state index < -0.39 is 11.5 Å². The number of thioether (sulfide) groups is 1. The molecule has 0 spiro atoms. The van der Waals surface area contributed by atoms with E-state index >= 15 is 0 Å². The molecular weight excluding hydrogens is 274 g/mol. The third kappa shape index (κ3) is 2.20. The number of aliphatic carboxylic acids is 1. The first kappa shape index (κ1) is 13.5. The quantitative estimate of drug-likeness (QED) is 0.895. The minimum Gasteiger partial charge on any atom is -0.480 e. The van der Waals surface area contributed by atoms with E-state index in [1.165, 1.54) is 5.56 Å². The number of amides is 1. The molecule has 2 aliphatic rings. The van der Waals surface area contributed by atoms with Gasteiger partial charge in [0.2, 0.25) is 5.91 Å². The maximum Gasteiger partial charge on any atom is 0.329 e. The van der Waals surface area contributed by atoms with Crippen LogP contribution in [0, 0.1) is 0 Å². The van der Waals surface area contributed by atoms with Crippen molar-refractivity contribution in [2.75, 3.05) is 5.75 Å². The molecule has 2 N–H and O–H groups in total. The molecule has 1 aliphatic carbocycles. The number of carboxylic acids is 1. The summed E-state index contributed by atoms with van der Waals surface area (Å²) in [6.45, 7) is 0. The molecule has 1 aliphatic heterocycles. The van der Waals surface area contributed by atoms with Gasteiger partial charge in [0, 0.05) is 0 Å². The van der Waals surface area contributed by atoms with Crippen LogP contribution in [-0.2, 0) is 16.0 Å². The van der Waals surface area contributed by atoms with Crippen LogP contribution in [0.5, 0.6) is 0 Å². The highest BCUT2D eigenvalue weighted by Gasteiger charge is 2.46. The highest BCUT2D eigenvalue weighted by Crippen LogP contribution is 2.39. The molecule has 1 aromatic rings. The maximum atomic E-state index is 12.5. The number of hydrogen-bond donors (Lipinski definition) is 2. The average molecular weight is 291 g/mol. The zero-order chi connectivity index (χ0) is 14.2. The van der Waals surface area contributed by atoms with Crippen molar-refractivity contribution in [3.8, 4) is 0 Å². The van der Waals surface area contributed by atoms with Gasteiger partial charge < -0.3 is 10.4 Å². The van der Waals surface area contributed by atoms with Gasteiger partial charge in [-0.3, -0.25) is 4.79 Å². The molecule has 20 heavy (non-hydrogen) atoms. The van der Waals surface area contributed by atoms with Crippen LogP contribution in [0.25, 0.3) is 0 Å². The molecule has 1 amide bonds. The number of carboxylic acid groups (broad SMARTS) is 1. The average Bonchev–Trinajstić information content (AvgIpc) is 2.41. The van der Waals surface area contributed by atoms with Crippen molar-refractivity contribution in [2.24, 2.45) is 0 Å². The monoisotopic (exact) mass is 291 g/mol. The fourth-order valence-corrected chi connectivity index (χ4v) is 4.03. The number of aryl methyl sites for hydroxylation is 1. The Bertz CT molecular complexity index is 554. The molecule has 1 atom stereocenters. The molecule has 0 unspecified atom stereocenters. The normalized spacial score (nSPS) is 23.3. The molecule has 5 heteroatoms. The van der Waals surface area contributed by atoms with Gasteiger partial charge in [-0.2, -0.15) is 0 Å². The molecule has 3 rings (SSSR count). The Balaban J connectivity index is 1.80. The van der Waals surface area contributed by atoms with E-state index in [1.807, 2.05) is 24.3 Å². The first-order valence-corrected chi connectivity index (χ1v) is 7.92. The fraction of sp³-hybridized carbons (Fsp3) is 0.467. The topological polar surface area (TPSA) is 66.4 Å². The third-order valence-corrected chi connectivity index (χ3v) is 5.45. The van der Waals surface area contributed by atoms with Crippen LogP contribution in [0.2, 0.25) is 0 Å². The standard InChI is InChI=1S/C15H17NO3S/c17-13(16-15(14(18)19)7-3-8-15)12-11-5-2-1-4-10(11)6-9-20-12/h1-2,4-5,12H,3,6-9H2,(H,16,17)(H,18,19)/t12-/m0/s1. The van der Waals surface area contributed by atoms with Crippen molar-refractivity contribution >= 4 is 23.6 Å². The van der Waals surface area contributed by atoms with Crippen molar-refractivity contribution in [3.63, 3.8) is 0 Å². The Hall–Kier alpha value is -1.49. The number of carbonyl (C=O) groups is 2. The number of rotatable bonds is 3. The van der Waals surface area contributed by atoms with Gasteiger partial charge >= 0.3 is 5.97 Å². The minimum atomic E-state index is -1.02. The second kappa shape index (κ2) is 5.13. The third-order valence-electron chi connectivity index (χ3n) is 4.21. The van der Waals surface area contributed by atoms with E-state index in [1.54, 1.807) is 11.8 Å². The van der Waals surface area contributed by atoms with Crippen molar-refractivity contribution in [1.82, 2.24) is 5.32 Å². The van der Waals surface area contributed by atoms with Crippen molar-refractivity contribution in [2.45, 2.75) is 36.5 Å². The van der Waals surface area contributed by atoms with Gasteiger partial charge in [0.15, 0.2) is 0 Å². The summed E-state index contributed by atoms with van der Waals surface area (Å²) in [5.74, 6) is -0.176. The lowest BCUT2D eigenvalue weighted by Crippen LogP contribution is -2.59. The van der Waals surface area contributed by atoms with Crippen LogP contribution in [0.15, 0.2) is 24.3 Å². The van der Waals surface area contributed by atoms with Gasteiger partial charge in [-0.25, -0.2) is 4.79 Å². The summed E-state index contributed by atoms with van der Waals surface area (Å²) >= 11 is 1.60. The smallest absolute Gasteiger partial charge is 0.329 e. The Morgan fingerprint density at radius 3 is 2.70 bits per heavy atom. The van der Waals surface area contributed by atoms with E-state index in [9.17, 15) is 14.7 Å². The van der Waals surface area contributed by atoms with E-state index in [2.05, 4.69) is 5.32 Å². The van der Waals surface area contributed by atoms with Crippen LogP contribution in [0.4, 0.5) is 0 Å². The molecule has 0 radical (unpaired) electrons. The highest BCUT2D eigenvalue weighted by atomic mass is 32.2. The zero-order valence-corrected chi connectivity index (χ0v) is 11.9. The second-order valence-electron chi connectivity index (χ2n) is 5.43. The van der Waals surface area contributed by atoms with Gasteiger partial charge in [-0.1, -0.05) is 24.3 Å². The molecular formula is C15H17NO3S. The SMILES string of the molecule is O=C(NC1(C(=O)O)CCC1)[C@H]1SCCc2ccccc21. The molecule has 1 aromatic carbocycles. The Labute approximate surface area is 121 Å². The van der Waals surface area contributed by atoms with Gasteiger partial charge in [0.1, 0.15) is 10.8 Å². The van der Waals surface area contributed by atoms with Crippen LogP contribution < -0.4 is 5.32 Å². The minimum absolute atomic E-state index is 0.163. The first-order valence-electron chi connectivity index (χ1n) is 6.87. The number of hydrogen-bond acceptors (Lipinski definition) is 3. The predicted octanol–water partition coefficient (Wildman–Crippen LogP) is 2.14. The molecule has 0 aromatic heterocycles. The Kier molecular flexibility index (Phi) is 3.46. The maximum absolute atomic E-state index is 12.5. The first-order chi connectivity index (χ1) is 9.62. The predicted molar refractivity (Wildman–Crippen MR) is 77.7 cm³/mol. The lowest BCUT2D eigenvalue weighted by Gasteiger charge is -2.39. The molecule has 4 nitrogen and oxygen atoms in total. The van der Waals surface area contributed by atoms with Gasteiger partial charge in [-0.05, 0) is 42.6 Å². The molecule has 1 fully saturated rings. The number of nitrogens with one attached hydrogen (secondary N) is 1. The number of fused-ring (bicyclic) bond motifs is 1. The molecule has 0 bridgehead atoms. The van der Waals surface area contributed by atoms with E-state index in [0.29, 0.717) is 12.8 Å². The summed E-state index contributed by atoms with van der Waals surface area (Å²) in [4.78, 5) is 23.8. The van der Waals surface area contributed by atoms with Crippen molar-refractivity contribution in [1.29, 1.82) is 0 Å². The van der Waals surface area contributed by atoms with Gasteiger partial charge in [-0.15, -0.1) is 11.8 Å². The van der Waals surface area contributed by atoms with Crippen LogP contribution in [-0.4, -0.2) is 28.3 Å². The van der Waals surface area contributed by atoms with Crippen LogP contribution in [0.3, 0.4) is 0 Å². The number of benzene rings is 1. The molecule has 1 heterocycles. The Morgan fingerprint density at radius 2 is 2.05 bits per heavy atom. The highest BCUT2D eigenvalue weighted by molar-refractivity contribution is 8.00. The second-order valence-corrected chi connectivity index (χ2v) is 6.64. The summed E-state index contributed by atoms with van der Waals surface area (Å²) in [5.41, 5.74) is 1.20. The number of carbonyl (C=O) groups excluding carboxylic acids is 1. The summed E-state index contributed by atoms with van der Waals surface area (Å²) in [6.07, 6.45) is 2.90. The van der Waals surface area contributed by atoms with E-state index in [-0.39, 0.29) is 11.2 Å². The van der Waals surface area contributed by atoms with Crippen LogP contribution in [0.1, 0.15) is 35.6 Å². The fourth-order valence-electron chi connectivity index (χ4n) is 2.84. The summed E-state index contributed by atoms with van der Waals surface area (Å²) in [7, 11) is 0. The summed E-state index contributed by atoms with van der Waals surface area (Å²) in [6, 6.07) is 7.93. The molecule has 0 saturated heterocycles.